The van der Waals surface area contributed by atoms with Gasteiger partial charge in [0.15, 0.2) is 0 Å². The van der Waals surface area contributed by atoms with Gasteiger partial charge in [-0.2, -0.15) is 0 Å². The molecule has 5 rings (SSSR count). The standard InChI is InChI=1S/C36H44S5/c1-5-9-15-25-27(17-11-7-3)35(40-33(25)29-19-13-23-37-29)31-21-22-32(39-31)36-28(18-12-8-4)26(16-10-6-2)34(41-36)30-20-14-24-38-30/h13-14,19-24H,5-12,15-18H2,1-4H3. The molecule has 5 aromatic heterocycles. The lowest BCUT2D eigenvalue weighted by Gasteiger charge is -2.08. The Labute approximate surface area is 268 Å². The minimum Gasteiger partial charge on any atom is -0.143 e. The summed E-state index contributed by atoms with van der Waals surface area (Å²) in [5, 5.41) is 4.48. The van der Waals surface area contributed by atoms with Crippen molar-refractivity contribution < 1.29 is 0 Å². The summed E-state index contributed by atoms with van der Waals surface area (Å²) < 4.78 is 0. The van der Waals surface area contributed by atoms with Crippen LogP contribution in [0.5, 0.6) is 0 Å². The maximum absolute atomic E-state index is 2.45. The summed E-state index contributed by atoms with van der Waals surface area (Å²) in [6.07, 6.45) is 14.9. The van der Waals surface area contributed by atoms with Crippen molar-refractivity contribution in [3.63, 3.8) is 0 Å². The van der Waals surface area contributed by atoms with E-state index in [1.807, 2.05) is 34.0 Å². The Kier molecular flexibility index (Phi) is 11.5. The molecule has 0 saturated carbocycles. The molecule has 0 amide bonds. The molecule has 0 N–H and O–H groups in total. The minimum absolute atomic E-state index is 1.20. The zero-order valence-electron chi connectivity index (χ0n) is 25.1. The fraction of sp³-hybridized carbons (Fsp3) is 0.444. The molecule has 0 fully saturated rings. The van der Waals surface area contributed by atoms with E-state index in [-0.39, 0.29) is 0 Å². The molecule has 218 valence electrons. The van der Waals surface area contributed by atoms with E-state index < -0.39 is 0 Å². The van der Waals surface area contributed by atoms with Crippen LogP contribution in [0.25, 0.3) is 39.0 Å². The molecule has 0 radical (unpaired) electrons. The van der Waals surface area contributed by atoms with Crippen molar-refractivity contribution in [3.8, 4) is 39.0 Å². The molecule has 0 atom stereocenters. The molecule has 0 aliphatic rings. The van der Waals surface area contributed by atoms with Crippen molar-refractivity contribution in [2.45, 2.75) is 105 Å². The molecule has 41 heavy (non-hydrogen) atoms. The summed E-state index contributed by atoms with van der Waals surface area (Å²) in [5.74, 6) is 0. The van der Waals surface area contributed by atoms with Crippen LogP contribution < -0.4 is 0 Å². The highest BCUT2D eigenvalue weighted by Crippen LogP contribution is 2.51. The molecule has 5 aromatic rings. The molecular weight excluding hydrogens is 593 g/mol. The monoisotopic (exact) mass is 636 g/mol. The van der Waals surface area contributed by atoms with Crippen molar-refractivity contribution in [2.24, 2.45) is 0 Å². The largest absolute Gasteiger partial charge is 0.143 e. The van der Waals surface area contributed by atoms with Gasteiger partial charge in [0, 0.05) is 39.0 Å². The van der Waals surface area contributed by atoms with Crippen molar-refractivity contribution in [2.75, 3.05) is 0 Å². The molecule has 0 aromatic carbocycles. The zero-order valence-corrected chi connectivity index (χ0v) is 29.2. The summed E-state index contributed by atoms with van der Waals surface area (Å²) in [6, 6.07) is 14.0. The van der Waals surface area contributed by atoms with E-state index >= 15 is 0 Å². The maximum atomic E-state index is 2.45. The van der Waals surface area contributed by atoms with E-state index in [1.54, 1.807) is 32.0 Å². The first-order valence-electron chi connectivity index (χ1n) is 15.7. The van der Waals surface area contributed by atoms with Gasteiger partial charge in [-0.3, -0.25) is 0 Å². The molecule has 5 heterocycles. The van der Waals surface area contributed by atoms with Crippen LogP contribution >= 0.6 is 56.7 Å². The van der Waals surface area contributed by atoms with Gasteiger partial charge in [0.2, 0.25) is 0 Å². The van der Waals surface area contributed by atoms with Gasteiger partial charge in [-0.1, -0.05) is 65.5 Å². The first kappa shape index (κ1) is 30.9. The Morgan fingerprint density at radius 2 is 0.756 bits per heavy atom. The second-order valence-corrected chi connectivity index (χ2v) is 16.0. The molecule has 0 nitrogen and oxygen atoms in total. The lowest BCUT2D eigenvalue weighted by molar-refractivity contribution is 0.764. The lowest BCUT2D eigenvalue weighted by Crippen LogP contribution is -1.94. The van der Waals surface area contributed by atoms with E-state index in [1.165, 1.54) is 106 Å². The van der Waals surface area contributed by atoms with Gasteiger partial charge in [-0.25, -0.2) is 0 Å². The third kappa shape index (κ3) is 7.02. The molecule has 0 saturated heterocycles. The third-order valence-electron chi connectivity index (χ3n) is 7.90. The third-order valence-corrected chi connectivity index (χ3v) is 14.0. The van der Waals surface area contributed by atoms with E-state index in [0.717, 1.165) is 0 Å². The summed E-state index contributed by atoms with van der Waals surface area (Å²) in [5.41, 5.74) is 6.56. The average molecular weight is 637 g/mol. The van der Waals surface area contributed by atoms with Gasteiger partial charge in [0.25, 0.3) is 0 Å². The number of hydrogen-bond acceptors (Lipinski definition) is 5. The first-order valence-corrected chi connectivity index (χ1v) is 19.9. The summed E-state index contributed by atoms with van der Waals surface area (Å²) >= 11 is 9.99. The van der Waals surface area contributed by atoms with Crippen LogP contribution in [0.2, 0.25) is 0 Å². The number of hydrogen-bond donors (Lipinski definition) is 0. The van der Waals surface area contributed by atoms with Gasteiger partial charge in [0.1, 0.15) is 0 Å². The molecule has 0 unspecified atom stereocenters. The number of thiophene rings is 5. The predicted octanol–water partition coefficient (Wildman–Crippen LogP) is 14.0. The first-order chi connectivity index (χ1) is 20.2. The quantitative estimate of drug-likeness (QED) is 0.101. The smallest absolute Gasteiger partial charge is 0.0484 e. The topological polar surface area (TPSA) is 0 Å². The second kappa shape index (κ2) is 15.3. The van der Waals surface area contributed by atoms with Crippen LogP contribution in [0.1, 0.15) is 101 Å². The van der Waals surface area contributed by atoms with Gasteiger partial charge in [-0.05, 0) is 109 Å². The Balaban J connectivity index is 1.61. The molecular formula is C36H44S5. The van der Waals surface area contributed by atoms with Crippen molar-refractivity contribution >= 4 is 56.7 Å². The van der Waals surface area contributed by atoms with Crippen LogP contribution in [0.3, 0.4) is 0 Å². The van der Waals surface area contributed by atoms with Crippen LogP contribution in [0.15, 0.2) is 47.2 Å². The summed E-state index contributed by atoms with van der Waals surface area (Å²) in [7, 11) is 0. The van der Waals surface area contributed by atoms with Crippen LogP contribution in [-0.2, 0) is 25.7 Å². The molecule has 0 aliphatic carbocycles. The highest BCUT2D eigenvalue weighted by Gasteiger charge is 2.24. The second-order valence-electron chi connectivity index (χ2n) is 11.0. The van der Waals surface area contributed by atoms with Gasteiger partial charge in [-0.15, -0.1) is 56.7 Å². The van der Waals surface area contributed by atoms with Gasteiger partial charge < -0.3 is 0 Å². The van der Waals surface area contributed by atoms with Crippen LogP contribution in [0.4, 0.5) is 0 Å². The zero-order chi connectivity index (χ0) is 28.6. The van der Waals surface area contributed by atoms with E-state index in [4.69, 9.17) is 0 Å². The van der Waals surface area contributed by atoms with Crippen LogP contribution in [-0.4, -0.2) is 0 Å². The fourth-order valence-electron chi connectivity index (χ4n) is 5.66. The highest BCUT2D eigenvalue weighted by molar-refractivity contribution is 7.29. The molecule has 0 spiro atoms. The van der Waals surface area contributed by atoms with Crippen molar-refractivity contribution in [1.29, 1.82) is 0 Å². The molecule has 0 aliphatic heterocycles. The molecule has 5 heteroatoms. The minimum atomic E-state index is 1.20. The van der Waals surface area contributed by atoms with E-state index in [0.29, 0.717) is 0 Å². The Bertz CT molecular complexity index is 1360. The maximum Gasteiger partial charge on any atom is 0.0484 e. The Hall–Kier alpha value is -1.50. The SMILES string of the molecule is CCCCc1c(-c2cccs2)sc(-c2ccc(-c3sc(-c4cccs4)c(CCCC)c3CCCC)s2)c1CCCC. The van der Waals surface area contributed by atoms with Gasteiger partial charge >= 0.3 is 0 Å². The fourth-order valence-corrected chi connectivity index (χ4v) is 11.5. The van der Waals surface area contributed by atoms with Gasteiger partial charge in [0.05, 0.1) is 0 Å². The summed E-state index contributed by atoms with van der Waals surface area (Å²) in [4.78, 5) is 12.0. The van der Waals surface area contributed by atoms with E-state index in [2.05, 4.69) is 97.5 Å². The Morgan fingerprint density at radius 3 is 1.05 bits per heavy atom. The predicted molar refractivity (Wildman–Crippen MR) is 192 cm³/mol. The van der Waals surface area contributed by atoms with Crippen molar-refractivity contribution in [1.82, 2.24) is 0 Å². The average Bonchev–Trinajstić information content (AvgIpc) is 3.82. The Morgan fingerprint density at radius 1 is 0.415 bits per heavy atom. The summed E-state index contributed by atoms with van der Waals surface area (Å²) in [6.45, 7) is 9.31. The highest BCUT2D eigenvalue weighted by atomic mass is 32.1. The van der Waals surface area contributed by atoms with E-state index in [9.17, 15) is 0 Å². The van der Waals surface area contributed by atoms with Crippen LogP contribution in [0, 0.1) is 0 Å². The molecule has 0 bridgehead atoms. The normalized spacial score (nSPS) is 11.6. The van der Waals surface area contributed by atoms with Crippen molar-refractivity contribution in [3.05, 3.63) is 69.4 Å². The lowest BCUT2D eigenvalue weighted by atomic mass is 9.97. The number of rotatable bonds is 16. The number of unbranched alkanes of at least 4 members (excludes halogenated alkanes) is 4.